The Morgan fingerprint density at radius 3 is 2.30 bits per heavy atom. The van der Waals surface area contributed by atoms with Gasteiger partial charge in [-0.15, -0.1) is 0 Å². The molecule has 0 aliphatic carbocycles. The van der Waals surface area contributed by atoms with Crippen molar-refractivity contribution in [2.75, 3.05) is 11.5 Å². The second-order valence-electron chi connectivity index (χ2n) is 2.38. The summed E-state index contributed by atoms with van der Waals surface area (Å²) >= 11 is 0. The largest absolute Gasteiger partial charge is 0.391 e. The Hall–Kier alpha value is -0.600. The molecule has 1 heterocycles. The van der Waals surface area contributed by atoms with Gasteiger partial charge in [0.15, 0.2) is 9.84 Å². The topological polar surface area (TPSA) is 78.2 Å². The maximum Gasteiger partial charge on any atom is 0.154 e. The van der Waals surface area contributed by atoms with Gasteiger partial charge in [-0.05, 0) is 0 Å². The van der Waals surface area contributed by atoms with Crippen LogP contribution in [0.2, 0.25) is 0 Å². The molecule has 0 aromatic heterocycles. The van der Waals surface area contributed by atoms with Crippen molar-refractivity contribution in [1.29, 1.82) is 5.26 Å². The number of rotatable bonds is 0. The number of nitrogens with zero attached hydrogens (tertiary/aromatic N) is 1. The average molecular weight is 161 g/mol. The standard InChI is InChI=1S/C5H7NO3S/c6-1-4-2-10(8,9)3-5(4)7/h4-5,7H,2-3H2/t4-,5-/m0/s1. The second kappa shape index (κ2) is 2.22. The van der Waals surface area contributed by atoms with Gasteiger partial charge in [-0.2, -0.15) is 5.26 Å². The molecule has 4 nitrogen and oxygen atoms in total. The average Bonchev–Trinajstić information content (AvgIpc) is 2.05. The van der Waals surface area contributed by atoms with Gasteiger partial charge >= 0.3 is 0 Å². The molecule has 0 spiro atoms. The van der Waals surface area contributed by atoms with Gasteiger partial charge < -0.3 is 5.11 Å². The Bertz CT molecular complexity index is 263. The molecule has 2 atom stereocenters. The van der Waals surface area contributed by atoms with Crippen LogP contribution in [0.4, 0.5) is 0 Å². The highest BCUT2D eigenvalue weighted by Crippen LogP contribution is 2.17. The van der Waals surface area contributed by atoms with Crippen LogP contribution < -0.4 is 0 Å². The molecule has 1 fully saturated rings. The molecule has 0 saturated carbocycles. The lowest BCUT2D eigenvalue weighted by atomic mass is 10.1. The lowest BCUT2D eigenvalue weighted by molar-refractivity contribution is 0.174. The number of hydrogen-bond donors (Lipinski definition) is 1. The lowest BCUT2D eigenvalue weighted by Gasteiger charge is -1.98. The molecule has 0 radical (unpaired) electrons. The summed E-state index contributed by atoms with van der Waals surface area (Å²) in [7, 11) is -3.13. The number of hydrogen-bond acceptors (Lipinski definition) is 4. The fourth-order valence-electron chi connectivity index (χ4n) is 0.952. The van der Waals surface area contributed by atoms with E-state index in [2.05, 4.69) is 0 Å². The van der Waals surface area contributed by atoms with Gasteiger partial charge in [-0.1, -0.05) is 0 Å². The molecule has 1 saturated heterocycles. The first kappa shape index (κ1) is 7.51. The first-order chi connectivity index (χ1) is 4.55. The van der Waals surface area contributed by atoms with Crippen LogP contribution in [0.5, 0.6) is 0 Å². The molecule has 0 aromatic carbocycles. The van der Waals surface area contributed by atoms with Crippen LogP contribution in [0.25, 0.3) is 0 Å². The van der Waals surface area contributed by atoms with Gasteiger partial charge in [-0.25, -0.2) is 8.42 Å². The monoisotopic (exact) mass is 161 g/mol. The van der Waals surface area contributed by atoms with Crippen LogP contribution in [0.1, 0.15) is 0 Å². The smallest absolute Gasteiger partial charge is 0.154 e. The summed E-state index contributed by atoms with van der Waals surface area (Å²) in [6.07, 6.45) is -0.977. The first-order valence-electron chi connectivity index (χ1n) is 2.83. The van der Waals surface area contributed by atoms with Crippen molar-refractivity contribution in [3.8, 4) is 6.07 Å². The van der Waals surface area contributed by atoms with E-state index in [1.165, 1.54) is 0 Å². The Labute approximate surface area is 59.0 Å². The van der Waals surface area contributed by atoms with Crippen LogP contribution in [0, 0.1) is 17.2 Å². The SMILES string of the molecule is N#C[C@H]1CS(=O)(=O)C[C@@H]1O. The van der Waals surface area contributed by atoms with E-state index in [9.17, 15) is 8.42 Å². The normalized spacial score (nSPS) is 37.2. The Morgan fingerprint density at radius 2 is 2.10 bits per heavy atom. The third kappa shape index (κ3) is 1.28. The fourth-order valence-corrected chi connectivity index (χ4v) is 2.68. The van der Waals surface area contributed by atoms with Crippen LogP contribution in [-0.4, -0.2) is 31.1 Å². The summed E-state index contributed by atoms with van der Waals surface area (Å²) in [4.78, 5) is 0. The minimum absolute atomic E-state index is 0.190. The van der Waals surface area contributed by atoms with Crippen LogP contribution in [-0.2, 0) is 9.84 Å². The zero-order valence-corrected chi connectivity index (χ0v) is 6.00. The van der Waals surface area contributed by atoms with Crippen LogP contribution in [0.3, 0.4) is 0 Å². The van der Waals surface area contributed by atoms with E-state index in [0.29, 0.717) is 0 Å². The van der Waals surface area contributed by atoms with Crippen LogP contribution in [0.15, 0.2) is 0 Å². The van der Waals surface area contributed by atoms with Crippen molar-refractivity contribution in [2.24, 2.45) is 5.92 Å². The number of nitriles is 1. The van der Waals surface area contributed by atoms with E-state index in [0.717, 1.165) is 0 Å². The van der Waals surface area contributed by atoms with E-state index < -0.39 is 21.9 Å². The van der Waals surface area contributed by atoms with Crippen molar-refractivity contribution in [3.05, 3.63) is 0 Å². The van der Waals surface area contributed by atoms with E-state index >= 15 is 0 Å². The fraction of sp³-hybridized carbons (Fsp3) is 0.800. The summed E-state index contributed by atoms with van der Waals surface area (Å²) < 4.78 is 21.4. The zero-order chi connectivity index (χ0) is 7.78. The van der Waals surface area contributed by atoms with Crippen molar-refractivity contribution in [2.45, 2.75) is 6.10 Å². The zero-order valence-electron chi connectivity index (χ0n) is 5.19. The highest BCUT2D eigenvalue weighted by atomic mass is 32.2. The molecule has 10 heavy (non-hydrogen) atoms. The third-order valence-electron chi connectivity index (χ3n) is 1.49. The molecule has 0 bridgehead atoms. The molecular weight excluding hydrogens is 154 g/mol. The first-order valence-corrected chi connectivity index (χ1v) is 4.65. The summed E-state index contributed by atoms with van der Waals surface area (Å²) in [5.41, 5.74) is 0. The number of sulfone groups is 1. The number of aliphatic hydroxyl groups is 1. The van der Waals surface area contributed by atoms with Gasteiger partial charge in [0.1, 0.15) is 0 Å². The van der Waals surface area contributed by atoms with Crippen LogP contribution >= 0.6 is 0 Å². The van der Waals surface area contributed by atoms with E-state index in [1.807, 2.05) is 0 Å². The molecule has 0 amide bonds. The minimum Gasteiger partial charge on any atom is -0.391 e. The summed E-state index contributed by atoms with van der Waals surface area (Å²) in [5, 5.41) is 17.2. The van der Waals surface area contributed by atoms with Crippen molar-refractivity contribution >= 4 is 9.84 Å². The molecule has 0 aromatic rings. The number of aliphatic hydroxyl groups excluding tert-OH is 1. The van der Waals surface area contributed by atoms with Gasteiger partial charge in [0, 0.05) is 0 Å². The summed E-state index contributed by atoms with van der Waals surface area (Å²) in [6, 6.07) is 1.74. The molecule has 5 heteroatoms. The molecule has 1 aliphatic rings. The molecule has 56 valence electrons. The summed E-state index contributed by atoms with van der Waals surface area (Å²) in [6.45, 7) is 0. The van der Waals surface area contributed by atoms with E-state index in [4.69, 9.17) is 10.4 Å². The molecule has 1 aliphatic heterocycles. The van der Waals surface area contributed by atoms with Gasteiger partial charge in [0.05, 0.1) is 29.6 Å². The Morgan fingerprint density at radius 1 is 1.50 bits per heavy atom. The molecular formula is C5H7NO3S. The maximum absolute atomic E-state index is 10.7. The van der Waals surface area contributed by atoms with E-state index in [-0.39, 0.29) is 11.5 Å². The summed E-state index contributed by atoms with van der Waals surface area (Å²) in [5.74, 6) is -1.17. The van der Waals surface area contributed by atoms with E-state index in [1.54, 1.807) is 6.07 Å². The minimum atomic E-state index is -3.13. The molecule has 0 unspecified atom stereocenters. The Kier molecular flexibility index (Phi) is 1.67. The second-order valence-corrected chi connectivity index (χ2v) is 4.53. The maximum atomic E-state index is 10.7. The third-order valence-corrected chi connectivity index (χ3v) is 3.20. The molecule has 1 N–H and O–H groups in total. The van der Waals surface area contributed by atoms with Gasteiger partial charge in [-0.3, -0.25) is 0 Å². The molecule has 1 rings (SSSR count). The van der Waals surface area contributed by atoms with Gasteiger partial charge in [0.25, 0.3) is 0 Å². The van der Waals surface area contributed by atoms with Crippen molar-refractivity contribution in [1.82, 2.24) is 0 Å². The Balaban J connectivity index is 2.83. The van der Waals surface area contributed by atoms with Crippen molar-refractivity contribution in [3.63, 3.8) is 0 Å². The highest BCUT2D eigenvalue weighted by Gasteiger charge is 2.36. The van der Waals surface area contributed by atoms with Gasteiger partial charge in [0.2, 0.25) is 0 Å². The highest BCUT2D eigenvalue weighted by molar-refractivity contribution is 7.91. The quantitative estimate of drug-likeness (QED) is 0.490. The van der Waals surface area contributed by atoms with Crippen molar-refractivity contribution < 1.29 is 13.5 Å². The lowest BCUT2D eigenvalue weighted by Crippen LogP contribution is -2.15. The predicted octanol–water partition coefficient (Wildman–Crippen LogP) is -1.08. The predicted molar refractivity (Wildman–Crippen MR) is 33.8 cm³/mol.